The van der Waals surface area contributed by atoms with Crippen molar-refractivity contribution in [1.29, 1.82) is 0 Å². The van der Waals surface area contributed by atoms with E-state index in [9.17, 15) is 4.79 Å². The van der Waals surface area contributed by atoms with Gasteiger partial charge in [0.1, 0.15) is 5.78 Å². The summed E-state index contributed by atoms with van der Waals surface area (Å²) in [6, 6.07) is 8.96. The molecule has 0 heterocycles. The highest BCUT2D eigenvalue weighted by Crippen LogP contribution is 2.67. The van der Waals surface area contributed by atoms with Crippen molar-refractivity contribution in [2.45, 2.75) is 78.6 Å². The van der Waals surface area contributed by atoms with E-state index in [1.807, 2.05) is 0 Å². The molecule has 4 aliphatic carbocycles. The summed E-state index contributed by atoms with van der Waals surface area (Å²) in [5.74, 6) is 3.55. The van der Waals surface area contributed by atoms with Crippen LogP contribution in [0.1, 0.15) is 82.8 Å². The second-order valence-electron chi connectivity index (χ2n) is 11.1. The van der Waals surface area contributed by atoms with Crippen LogP contribution in [0.2, 0.25) is 0 Å². The largest absolute Gasteiger partial charge is 0.300 e. The molecule has 150 valence electrons. The SMILES string of the molecule is Cc1ccc(C=C2C[C@@H]3[C@@H](CC[C@]4(C)CCC[C@@H]34)[C@@]3(C)CCC(=O)CC23)cc1. The molecule has 0 N–H and O–H groups in total. The highest BCUT2D eigenvalue weighted by atomic mass is 16.1. The van der Waals surface area contributed by atoms with Crippen LogP contribution in [-0.4, -0.2) is 5.78 Å². The number of hydrogen-bond donors (Lipinski definition) is 0. The van der Waals surface area contributed by atoms with E-state index in [0.29, 0.717) is 22.5 Å². The van der Waals surface area contributed by atoms with Crippen LogP contribution in [0.3, 0.4) is 0 Å². The molecule has 0 bridgehead atoms. The number of carbonyl (C=O) groups excluding carboxylic acids is 1. The van der Waals surface area contributed by atoms with Crippen molar-refractivity contribution in [2.75, 3.05) is 0 Å². The van der Waals surface area contributed by atoms with E-state index in [2.05, 4.69) is 51.1 Å². The van der Waals surface area contributed by atoms with Crippen LogP contribution in [0, 0.1) is 41.4 Å². The Labute approximate surface area is 171 Å². The predicted octanol–water partition coefficient (Wildman–Crippen LogP) is 6.99. The van der Waals surface area contributed by atoms with E-state index in [1.165, 1.54) is 49.7 Å². The lowest BCUT2D eigenvalue weighted by atomic mass is 9.44. The van der Waals surface area contributed by atoms with Crippen LogP contribution in [-0.2, 0) is 4.79 Å². The first-order valence-electron chi connectivity index (χ1n) is 11.7. The van der Waals surface area contributed by atoms with Crippen LogP contribution >= 0.6 is 0 Å². The molecule has 1 aromatic carbocycles. The maximum atomic E-state index is 12.5. The van der Waals surface area contributed by atoms with Gasteiger partial charge in [-0.1, -0.05) is 61.7 Å². The second-order valence-corrected chi connectivity index (χ2v) is 11.1. The Morgan fingerprint density at radius 1 is 0.964 bits per heavy atom. The number of fused-ring (bicyclic) bond motifs is 5. The molecule has 1 aromatic rings. The molecule has 0 amide bonds. The number of aryl methyl sites for hydroxylation is 1. The zero-order valence-corrected chi connectivity index (χ0v) is 18.0. The summed E-state index contributed by atoms with van der Waals surface area (Å²) in [6.07, 6.45) is 13.6. The molecule has 1 unspecified atom stereocenters. The highest BCUT2D eigenvalue weighted by Gasteiger charge is 2.58. The average Bonchev–Trinajstić information content (AvgIpc) is 3.07. The van der Waals surface area contributed by atoms with Crippen molar-refractivity contribution >= 4 is 11.9 Å². The standard InChI is InChI=1S/C27H36O/c1-18-6-8-19(9-7-18)15-20-16-22-23-5-4-12-26(23,2)13-11-24(22)27(3)14-10-21(28)17-25(20)27/h6-9,15,22-25H,4-5,10-14,16-17H2,1-3H3/t22-,23-,24+,25?,26-,27+/m0/s1. The van der Waals surface area contributed by atoms with Gasteiger partial charge in [0.2, 0.25) is 0 Å². The van der Waals surface area contributed by atoms with E-state index < -0.39 is 0 Å². The van der Waals surface area contributed by atoms with Crippen LogP contribution in [0.15, 0.2) is 29.8 Å². The van der Waals surface area contributed by atoms with Crippen molar-refractivity contribution in [3.8, 4) is 0 Å². The summed E-state index contributed by atoms with van der Waals surface area (Å²) in [4.78, 5) is 12.5. The molecule has 5 rings (SSSR count). The first-order chi connectivity index (χ1) is 13.4. The summed E-state index contributed by atoms with van der Waals surface area (Å²) >= 11 is 0. The first kappa shape index (κ1) is 18.6. The number of allylic oxidation sites excluding steroid dienone is 1. The molecule has 0 radical (unpaired) electrons. The fourth-order valence-electron chi connectivity index (χ4n) is 7.98. The third kappa shape index (κ3) is 2.84. The van der Waals surface area contributed by atoms with Gasteiger partial charge in [-0.15, -0.1) is 0 Å². The molecule has 1 nitrogen and oxygen atoms in total. The first-order valence-corrected chi connectivity index (χ1v) is 11.7. The monoisotopic (exact) mass is 376 g/mol. The van der Waals surface area contributed by atoms with E-state index in [4.69, 9.17) is 0 Å². The normalized spacial score (nSPS) is 44.1. The zero-order chi connectivity index (χ0) is 19.5. The third-order valence-electron chi connectivity index (χ3n) is 9.58. The lowest BCUT2D eigenvalue weighted by molar-refractivity contribution is -0.131. The minimum Gasteiger partial charge on any atom is -0.300 e. The van der Waals surface area contributed by atoms with E-state index in [0.717, 1.165) is 37.0 Å². The van der Waals surface area contributed by atoms with Gasteiger partial charge in [-0.25, -0.2) is 0 Å². The van der Waals surface area contributed by atoms with E-state index in [1.54, 1.807) is 5.57 Å². The van der Waals surface area contributed by atoms with Crippen LogP contribution in [0.5, 0.6) is 0 Å². The Hall–Kier alpha value is -1.37. The molecule has 0 aromatic heterocycles. The molecule has 4 saturated carbocycles. The number of ketones is 1. The molecule has 0 saturated heterocycles. The molecule has 6 atom stereocenters. The minimum absolute atomic E-state index is 0.331. The summed E-state index contributed by atoms with van der Waals surface area (Å²) in [7, 11) is 0. The number of benzene rings is 1. The number of hydrogen-bond acceptors (Lipinski definition) is 1. The highest BCUT2D eigenvalue weighted by molar-refractivity contribution is 5.80. The fraction of sp³-hybridized carbons (Fsp3) is 0.667. The number of Topliss-reactive ketones (excluding diaryl/α,β-unsaturated/α-hetero) is 1. The van der Waals surface area contributed by atoms with Gasteiger partial charge in [0.05, 0.1) is 0 Å². The van der Waals surface area contributed by atoms with E-state index >= 15 is 0 Å². The van der Waals surface area contributed by atoms with Crippen molar-refractivity contribution in [2.24, 2.45) is 34.5 Å². The Morgan fingerprint density at radius 2 is 1.75 bits per heavy atom. The Morgan fingerprint density at radius 3 is 2.54 bits per heavy atom. The smallest absolute Gasteiger partial charge is 0.133 e. The molecular formula is C27H36O. The number of rotatable bonds is 1. The van der Waals surface area contributed by atoms with Crippen LogP contribution in [0.25, 0.3) is 6.08 Å². The third-order valence-corrected chi connectivity index (χ3v) is 9.58. The van der Waals surface area contributed by atoms with Crippen molar-refractivity contribution in [3.63, 3.8) is 0 Å². The maximum absolute atomic E-state index is 12.5. The topological polar surface area (TPSA) is 17.1 Å². The Bertz CT molecular complexity index is 802. The van der Waals surface area contributed by atoms with Crippen molar-refractivity contribution < 1.29 is 4.79 Å². The van der Waals surface area contributed by atoms with Gasteiger partial charge in [-0.2, -0.15) is 0 Å². The van der Waals surface area contributed by atoms with E-state index in [-0.39, 0.29) is 0 Å². The maximum Gasteiger partial charge on any atom is 0.133 e. The van der Waals surface area contributed by atoms with Gasteiger partial charge in [0.15, 0.2) is 0 Å². The van der Waals surface area contributed by atoms with Gasteiger partial charge in [-0.05, 0) is 85.5 Å². The van der Waals surface area contributed by atoms with Gasteiger partial charge >= 0.3 is 0 Å². The van der Waals surface area contributed by atoms with Gasteiger partial charge in [0.25, 0.3) is 0 Å². The lowest BCUT2D eigenvalue weighted by Crippen LogP contribution is -2.53. The molecular weight excluding hydrogens is 340 g/mol. The summed E-state index contributed by atoms with van der Waals surface area (Å²) in [6.45, 7) is 7.30. The molecule has 1 heteroatoms. The summed E-state index contributed by atoms with van der Waals surface area (Å²) < 4.78 is 0. The second kappa shape index (κ2) is 6.57. The molecule has 0 spiro atoms. The number of carbonyl (C=O) groups is 1. The van der Waals surface area contributed by atoms with Crippen molar-refractivity contribution in [3.05, 3.63) is 41.0 Å². The minimum atomic E-state index is 0.331. The van der Waals surface area contributed by atoms with Crippen LogP contribution in [0.4, 0.5) is 0 Å². The lowest BCUT2D eigenvalue weighted by Gasteiger charge is -2.60. The molecule has 4 fully saturated rings. The zero-order valence-electron chi connectivity index (χ0n) is 18.0. The predicted molar refractivity (Wildman–Crippen MR) is 116 cm³/mol. The fourth-order valence-corrected chi connectivity index (χ4v) is 7.98. The van der Waals surface area contributed by atoms with Crippen molar-refractivity contribution in [1.82, 2.24) is 0 Å². The quantitative estimate of drug-likeness (QED) is 0.516. The Kier molecular flexibility index (Phi) is 4.38. The Balaban J connectivity index is 1.56. The summed E-state index contributed by atoms with van der Waals surface area (Å²) in [5.41, 5.74) is 5.15. The average molecular weight is 377 g/mol. The molecule has 28 heavy (non-hydrogen) atoms. The summed E-state index contributed by atoms with van der Waals surface area (Å²) in [5, 5.41) is 0. The molecule has 0 aliphatic heterocycles. The molecule has 4 aliphatic rings. The van der Waals surface area contributed by atoms with Crippen LogP contribution < -0.4 is 0 Å². The van der Waals surface area contributed by atoms with Gasteiger partial charge < -0.3 is 0 Å². The van der Waals surface area contributed by atoms with Gasteiger partial charge in [-0.3, -0.25) is 4.79 Å². The van der Waals surface area contributed by atoms with Gasteiger partial charge in [0, 0.05) is 12.8 Å².